The molecule has 0 saturated heterocycles. The normalized spacial score (nSPS) is 18.1. The molecule has 1 aromatic rings. The van der Waals surface area contributed by atoms with Gasteiger partial charge in [0, 0.05) is 24.2 Å². The van der Waals surface area contributed by atoms with Crippen molar-refractivity contribution >= 4 is 11.8 Å². The van der Waals surface area contributed by atoms with E-state index in [9.17, 15) is 0 Å². The molecular weight excluding hydrogens is 194 g/mol. The highest BCUT2D eigenvalue weighted by Gasteiger charge is 2.29. The lowest BCUT2D eigenvalue weighted by Gasteiger charge is -2.13. The van der Waals surface area contributed by atoms with E-state index in [-0.39, 0.29) is 0 Å². The van der Waals surface area contributed by atoms with Gasteiger partial charge in [0.25, 0.3) is 0 Å². The predicted octanol–water partition coefficient (Wildman–Crippen LogP) is 1.57. The molecule has 3 nitrogen and oxygen atoms in total. The Morgan fingerprint density at radius 1 is 1.50 bits per heavy atom. The number of hydrogen-bond acceptors (Lipinski definition) is 4. The second-order valence-electron chi connectivity index (χ2n) is 3.57. The zero-order valence-corrected chi connectivity index (χ0v) is 9.13. The molecule has 0 aromatic carbocycles. The van der Waals surface area contributed by atoms with Crippen LogP contribution in [0.5, 0.6) is 0 Å². The van der Waals surface area contributed by atoms with Crippen molar-refractivity contribution in [2.75, 3.05) is 12.8 Å². The molecule has 1 atom stereocenters. The summed E-state index contributed by atoms with van der Waals surface area (Å²) < 4.78 is 0. The van der Waals surface area contributed by atoms with Gasteiger partial charge < -0.3 is 5.32 Å². The fourth-order valence-electron chi connectivity index (χ4n) is 1.48. The number of hydrogen-bond donors (Lipinski definition) is 1. The molecule has 1 aromatic heterocycles. The molecule has 1 aliphatic rings. The summed E-state index contributed by atoms with van der Waals surface area (Å²) in [7, 11) is 2.04. The molecule has 14 heavy (non-hydrogen) atoms. The maximum Gasteiger partial charge on any atom is 0.187 e. The highest BCUT2D eigenvalue weighted by Crippen LogP contribution is 2.34. The van der Waals surface area contributed by atoms with Crippen molar-refractivity contribution in [3.8, 4) is 0 Å². The van der Waals surface area contributed by atoms with E-state index in [2.05, 4.69) is 15.3 Å². The van der Waals surface area contributed by atoms with Crippen LogP contribution in [0.3, 0.4) is 0 Å². The number of thioether (sulfide) groups is 1. The SMILES string of the molecule is CNC(CSc1ncccn1)C1CC1. The first-order valence-electron chi connectivity index (χ1n) is 4.97. The van der Waals surface area contributed by atoms with Gasteiger partial charge >= 0.3 is 0 Å². The van der Waals surface area contributed by atoms with Gasteiger partial charge in [-0.2, -0.15) is 0 Å². The molecule has 1 unspecified atom stereocenters. The lowest BCUT2D eigenvalue weighted by molar-refractivity contribution is 0.553. The van der Waals surface area contributed by atoms with Crippen LogP contribution >= 0.6 is 11.8 Å². The molecule has 0 amide bonds. The predicted molar refractivity (Wildman–Crippen MR) is 58.3 cm³/mol. The summed E-state index contributed by atoms with van der Waals surface area (Å²) in [6.45, 7) is 0. The summed E-state index contributed by atoms with van der Waals surface area (Å²) in [6, 6.07) is 2.48. The minimum absolute atomic E-state index is 0.629. The quantitative estimate of drug-likeness (QED) is 0.590. The first-order valence-corrected chi connectivity index (χ1v) is 5.96. The molecule has 1 N–H and O–H groups in total. The van der Waals surface area contributed by atoms with Crippen molar-refractivity contribution in [3.05, 3.63) is 18.5 Å². The Kier molecular flexibility index (Phi) is 3.37. The van der Waals surface area contributed by atoms with Crippen LogP contribution in [0.4, 0.5) is 0 Å². The van der Waals surface area contributed by atoms with Gasteiger partial charge in [0.05, 0.1) is 0 Å². The lowest BCUT2D eigenvalue weighted by atomic mass is 10.2. The van der Waals surface area contributed by atoms with E-state index >= 15 is 0 Å². The van der Waals surface area contributed by atoms with Gasteiger partial charge in [-0.05, 0) is 31.9 Å². The third kappa shape index (κ3) is 2.69. The van der Waals surface area contributed by atoms with Crippen LogP contribution in [-0.2, 0) is 0 Å². The number of nitrogens with one attached hydrogen (secondary N) is 1. The molecule has 2 rings (SSSR count). The van der Waals surface area contributed by atoms with Crippen molar-refractivity contribution in [1.82, 2.24) is 15.3 Å². The minimum atomic E-state index is 0.629. The lowest BCUT2D eigenvalue weighted by Crippen LogP contribution is -2.29. The first kappa shape index (κ1) is 9.93. The van der Waals surface area contributed by atoms with E-state index in [1.807, 2.05) is 13.1 Å². The molecule has 0 bridgehead atoms. The Morgan fingerprint density at radius 3 is 2.79 bits per heavy atom. The fraction of sp³-hybridized carbons (Fsp3) is 0.600. The molecule has 1 heterocycles. The van der Waals surface area contributed by atoms with Crippen LogP contribution in [0.2, 0.25) is 0 Å². The average Bonchev–Trinajstić information content (AvgIpc) is 3.05. The van der Waals surface area contributed by atoms with Crippen molar-refractivity contribution < 1.29 is 0 Å². The smallest absolute Gasteiger partial charge is 0.187 e. The Labute approximate surface area is 88.7 Å². The van der Waals surface area contributed by atoms with Gasteiger partial charge in [0.2, 0.25) is 0 Å². The van der Waals surface area contributed by atoms with Crippen molar-refractivity contribution in [3.63, 3.8) is 0 Å². The Hall–Kier alpha value is -0.610. The summed E-state index contributed by atoms with van der Waals surface area (Å²) in [5.74, 6) is 1.96. The standard InChI is InChI=1S/C10H15N3S/c1-11-9(8-3-4-8)7-14-10-12-5-2-6-13-10/h2,5-6,8-9,11H,3-4,7H2,1H3. The van der Waals surface area contributed by atoms with Crippen molar-refractivity contribution in [2.45, 2.75) is 24.0 Å². The summed E-state index contributed by atoms with van der Waals surface area (Å²) >= 11 is 1.74. The first-order chi connectivity index (χ1) is 6.90. The second kappa shape index (κ2) is 4.75. The highest BCUT2D eigenvalue weighted by molar-refractivity contribution is 7.99. The van der Waals surface area contributed by atoms with Gasteiger partial charge in [-0.3, -0.25) is 0 Å². The molecule has 0 aliphatic heterocycles. The van der Waals surface area contributed by atoms with E-state index < -0.39 is 0 Å². The summed E-state index contributed by atoms with van der Waals surface area (Å²) in [6.07, 6.45) is 6.34. The van der Waals surface area contributed by atoms with Crippen LogP contribution in [0.15, 0.2) is 23.6 Å². The molecule has 1 saturated carbocycles. The van der Waals surface area contributed by atoms with Crippen LogP contribution in [0.25, 0.3) is 0 Å². The Balaban J connectivity index is 1.81. The van der Waals surface area contributed by atoms with Gasteiger partial charge in [-0.1, -0.05) is 11.8 Å². The number of rotatable bonds is 5. The van der Waals surface area contributed by atoms with E-state index in [4.69, 9.17) is 0 Å². The van der Waals surface area contributed by atoms with E-state index in [0.717, 1.165) is 16.8 Å². The molecular formula is C10H15N3S. The Bertz CT molecular complexity index is 274. The number of aromatic nitrogens is 2. The Morgan fingerprint density at radius 2 is 2.21 bits per heavy atom. The topological polar surface area (TPSA) is 37.8 Å². The van der Waals surface area contributed by atoms with Gasteiger partial charge in [0.1, 0.15) is 0 Å². The van der Waals surface area contributed by atoms with E-state index in [1.165, 1.54) is 12.8 Å². The van der Waals surface area contributed by atoms with Crippen LogP contribution in [0.1, 0.15) is 12.8 Å². The minimum Gasteiger partial charge on any atom is -0.316 e. The zero-order chi connectivity index (χ0) is 9.80. The van der Waals surface area contributed by atoms with Gasteiger partial charge in [0.15, 0.2) is 5.16 Å². The molecule has 4 heteroatoms. The summed E-state index contributed by atoms with van der Waals surface area (Å²) in [5, 5.41) is 4.24. The number of nitrogens with zero attached hydrogens (tertiary/aromatic N) is 2. The molecule has 0 radical (unpaired) electrons. The van der Waals surface area contributed by atoms with Crippen LogP contribution in [-0.4, -0.2) is 28.8 Å². The van der Waals surface area contributed by atoms with E-state index in [0.29, 0.717) is 6.04 Å². The summed E-state index contributed by atoms with van der Waals surface area (Å²) in [4.78, 5) is 8.38. The maximum absolute atomic E-state index is 4.19. The third-order valence-corrected chi connectivity index (χ3v) is 3.49. The molecule has 1 aliphatic carbocycles. The maximum atomic E-state index is 4.19. The van der Waals surface area contributed by atoms with E-state index in [1.54, 1.807) is 24.2 Å². The molecule has 76 valence electrons. The second-order valence-corrected chi connectivity index (χ2v) is 4.56. The summed E-state index contributed by atoms with van der Waals surface area (Å²) in [5.41, 5.74) is 0. The third-order valence-electron chi connectivity index (χ3n) is 2.50. The van der Waals surface area contributed by atoms with Crippen molar-refractivity contribution in [2.24, 2.45) is 5.92 Å². The monoisotopic (exact) mass is 209 g/mol. The van der Waals surface area contributed by atoms with Crippen LogP contribution < -0.4 is 5.32 Å². The molecule has 1 fully saturated rings. The largest absolute Gasteiger partial charge is 0.316 e. The average molecular weight is 209 g/mol. The fourth-order valence-corrected chi connectivity index (χ4v) is 2.52. The highest BCUT2D eigenvalue weighted by atomic mass is 32.2. The van der Waals surface area contributed by atoms with Gasteiger partial charge in [-0.25, -0.2) is 9.97 Å². The van der Waals surface area contributed by atoms with Crippen LogP contribution in [0, 0.1) is 5.92 Å². The zero-order valence-electron chi connectivity index (χ0n) is 8.31. The van der Waals surface area contributed by atoms with Crippen molar-refractivity contribution in [1.29, 1.82) is 0 Å². The molecule has 0 spiro atoms. The van der Waals surface area contributed by atoms with Gasteiger partial charge in [-0.15, -0.1) is 0 Å².